The lowest BCUT2D eigenvalue weighted by Gasteiger charge is -2.22. The number of halogens is 1. The van der Waals surface area contributed by atoms with Gasteiger partial charge in [0.25, 0.3) is 0 Å². The molecule has 0 spiro atoms. The third-order valence-electron chi connectivity index (χ3n) is 4.42. The minimum atomic E-state index is -0.804. The van der Waals surface area contributed by atoms with E-state index in [9.17, 15) is 9.59 Å². The molecule has 1 aliphatic heterocycles. The van der Waals surface area contributed by atoms with Crippen molar-refractivity contribution in [1.29, 1.82) is 0 Å². The molecule has 1 aliphatic carbocycles. The maximum absolute atomic E-state index is 12.5. The highest BCUT2D eigenvalue weighted by atomic mass is 79.9. The third-order valence-corrected chi connectivity index (χ3v) is 5.27. The van der Waals surface area contributed by atoms with Gasteiger partial charge < -0.3 is 10.2 Å². The van der Waals surface area contributed by atoms with Gasteiger partial charge in [0.15, 0.2) is 0 Å². The van der Waals surface area contributed by atoms with Gasteiger partial charge >= 0.3 is 0 Å². The summed E-state index contributed by atoms with van der Waals surface area (Å²) in [5.74, 6) is -0.140. The first kappa shape index (κ1) is 14.6. The summed E-state index contributed by atoms with van der Waals surface area (Å²) in [4.78, 5) is 26.9. The molecular formula is C16H19BrN2O2. The van der Waals surface area contributed by atoms with E-state index in [0.717, 1.165) is 41.7 Å². The molecule has 1 aromatic rings. The molecule has 21 heavy (non-hydrogen) atoms. The molecular weight excluding hydrogens is 332 g/mol. The van der Waals surface area contributed by atoms with Crippen molar-refractivity contribution in [3.63, 3.8) is 0 Å². The van der Waals surface area contributed by atoms with Crippen LogP contribution in [0.3, 0.4) is 0 Å². The largest absolute Gasteiger partial charge is 0.342 e. The Hall–Kier alpha value is -1.36. The summed E-state index contributed by atoms with van der Waals surface area (Å²) < 4.78 is 0.955. The first-order valence-corrected chi connectivity index (χ1v) is 8.19. The molecule has 1 saturated carbocycles. The highest BCUT2D eigenvalue weighted by Gasteiger charge is 2.58. The zero-order chi connectivity index (χ0) is 15.0. The van der Waals surface area contributed by atoms with Crippen LogP contribution in [0.4, 0.5) is 5.69 Å². The molecule has 112 valence electrons. The number of rotatable bonds is 3. The van der Waals surface area contributed by atoms with E-state index in [-0.39, 0.29) is 11.8 Å². The molecule has 2 amide bonds. The van der Waals surface area contributed by atoms with E-state index in [4.69, 9.17) is 0 Å². The molecule has 1 heterocycles. The second-order valence-electron chi connectivity index (χ2n) is 6.00. The molecule has 0 radical (unpaired) electrons. The zero-order valence-corrected chi connectivity index (χ0v) is 13.7. The number of aryl methyl sites for hydroxylation is 1. The Morgan fingerprint density at radius 1 is 1.24 bits per heavy atom. The summed E-state index contributed by atoms with van der Waals surface area (Å²) in [6, 6.07) is 5.69. The molecule has 5 heteroatoms. The van der Waals surface area contributed by atoms with Crippen molar-refractivity contribution in [2.45, 2.75) is 32.6 Å². The number of benzene rings is 1. The minimum Gasteiger partial charge on any atom is -0.342 e. The maximum atomic E-state index is 12.5. The Morgan fingerprint density at radius 2 is 1.90 bits per heavy atom. The van der Waals surface area contributed by atoms with Crippen LogP contribution in [0.5, 0.6) is 0 Å². The Balaban J connectivity index is 1.72. The number of nitrogens with zero attached hydrogens (tertiary/aromatic N) is 1. The van der Waals surface area contributed by atoms with Crippen LogP contribution in [0.1, 0.15) is 31.2 Å². The number of hydrogen-bond donors (Lipinski definition) is 1. The maximum Gasteiger partial charge on any atom is 0.240 e. The first-order valence-electron chi connectivity index (χ1n) is 7.40. The normalized spacial score (nSPS) is 19.4. The van der Waals surface area contributed by atoms with Crippen LogP contribution in [0.15, 0.2) is 22.7 Å². The van der Waals surface area contributed by atoms with E-state index in [1.165, 1.54) is 0 Å². The van der Waals surface area contributed by atoms with Gasteiger partial charge in [-0.25, -0.2) is 0 Å². The summed E-state index contributed by atoms with van der Waals surface area (Å²) in [5.41, 5.74) is 1.04. The fourth-order valence-corrected chi connectivity index (χ4v) is 3.19. The van der Waals surface area contributed by atoms with Crippen LogP contribution < -0.4 is 5.32 Å². The molecule has 1 N–H and O–H groups in total. The van der Waals surface area contributed by atoms with Crippen molar-refractivity contribution in [3.8, 4) is 0 Å². The first-order chi connectivity index (χ1) is 10.0. The summed E-state index contributed by atoms with van der Waals surface area (Å²) in [6.07, 6.45) is 3.44. The average Bonchev–Trinajstić information content (AvgIpc) is 3.10. The lowest BCUT2D eigenvalue weighted by molar-refractivity contribution is -0.141. The van der Waals surface area contributed by atoms with Crippen molar-refractivity contribution >= 4 is 33.4 Å². The average molecular weight is 351 g/mol. The van der Waals surface area contributed by atoms with E-state index in [2.05, 4.69) is 21.2 Å². The number of carbonyl (C=O) groups excluding carboxylic acids is 2. The fraction of sp³-hybridized carbons (Fsp3) is 0.500. The molecule has 2 fully saturated rings. The number of carbonyl (C=O) groups is 2. The van der Waals surface area contributed by atoms with E-state index >= 15 is 0 Å². The summed E-state index contributed by atoms with van der Waals surface area (Å²) >= 11 is 3.46. The standard InChI is InChI=1S/C16H19BrN2O2/c1-11-4-5-12(10-13(11)17)18-14(20)16(6-7-16)15(21)19-8-2-3-9-19/h4-5,10H,2-3,6-9H2,1H3,(H,18,20). The molecule has 1 aromatic carbocycles. The van der Waals surface area contributed by atoms with Crippen LogP contribution in [0, 0.1) is 12.3 Å². The Morgan fingerprint density at radius 3 is 2.48 bits per heavy atom. The van der Waals surface area contributed by atoms with Gasteiger partial charge in [0.05, 0.1) is 0 Å². The lowest BCUT2D eigenvalue weighted by Crippen LogP contribution is -2.41. The Kier molecular flexibility index (Phi) is 3.78. The number of hydrogen-bond acceptors (Lipinski definition) is 2. The van der Waals surface area contributed by atoms with Crippen LogP contribution in [-0.4, -0.2) is 29.8 Å². The van der Waals surface area contributed by atoms with Crippen LogP contribution >= 0.6 is 15.9 Å². The van der Waals surface area contributed by atoms with Crippen LogP contribution in [-0.2, 0) is 9.59 Å². The molecule has 3 rings (SSSR count). The molecule has 0 aromatic heterocycles. The van der Waals surface area contributed by atoms with Crippen molar-refractivity contribution in [3.05, 3.63) is 28.2 Å². The number of nitrogens with one attached hydrogen (secondary N) is 1. The van der Waals surface area contributed by atoms with Gasteiger partial charge in [0, 0.05) is 23.2 Å². The topological polar surface area (TPSA) is 49.4 Å². The SMILES string of the molecule is Cc1ccc(NC(=O)C2(C(=O)N3CCCC3)CC2)cc1Br. The third kappa shape index (κ3) is 2.71. The second kappa shape index (κ2) is 5.44. The van der Waals surface area contributed by atoms with Gasteiger partial charge in [-0.2, -0.15) is 0 Å². The predicted octanol–water partition coefficient (Wildman–Crippen LogP) is 3.10. The van der Waals surface area contributed by atoms with E-state index in [1.807, 2.05) is 30.0 Å². The molecule has 1 saturated heterocycles. The predicted molar refractivity (Wildman–Crippen MR) is 85.0 cm³/mol. The lowest BCUT2D eigenvalue weighted by atomic mass is 10.0. The Bertz CT molecular complexity index is 590. The van der Waals surface area contributed by atoms with Crippen molar-refractivity contribution in [2.24, 2.45) is 5.41 Å². The van der Waals surface area contributed by atoms with Gasteiger partial charge in [0.1, 0.15) is 5.41 Å². The molecule has 0 unspecified atom stereocenters. The molecule has 0 atom stereocenters. The van der Waals surface area contributed by atoms with Crippen molar-refractivity contribution in [1.82, 2.24) is 4.90 Å². The number of amides is 2. The smallest absolute Gasteiger partial charge is 0.240 e. The highest BCUT2D eigenvalue weighted by molar-refractivity contribution is 9.10. The van der Waals surface area contributed by atoms with E-state index in [1.54, 1.807) is 0 Å². The van der Waals surface area contributed by atoms with Crippen LogP contribution in [0.25, 0.3) is 0 Å². The fourth-order valence-electron chi connectivity index (χ4n) is 2.81. The quantitative estimate of drug-likeness (QED) is 0.851. The van der Waals surface area contributed by atoms with Crippen molar-refractivity contribution < 1.29 is 9.59 Å². The van der Waals surface area contributed by atoms with Gasteiger partial charge in [-0.05, 0) is 50.3 Å². The van der Waals surface area contributed by atoms with Crippen LogP contribution in [0.2, 0.25) is 0 Å². The van der Waals surface area contributed by atoms with Crippen molar-refractivity contribution in [2.75, 3.05) is 18.4 Å². The number of likely N-dealkylation sites (tertiary alicyclic amines) is 1. The molecule has 4 nitrogen and oxygen atoms in total. The molecule has 2 aliphatic rings. The summed E-state index contributed by atoms with van der Waals surface area (Å²) in [6.45, 7) is 3.59. The zero-order valence-electron chi connectivity index (χ0n) is 12.1. The van der Waals surface area contributed by atoms with Gasteiger partial charge in [-0.15, -0.1) is 0 Å². The van der Waals surface area contributed by atoms with Gasteiger partial charge in [-0.1, -0.05) is 22.0 Å². The monoisotopic (exact) mass is 350 g/mol. The van der Waals surface area contributed by atoms with E-state index < -0.39 is 5.41 Å². The van der Waals surface area contributed by atoms with Gasteiger partial charge in [0.2, 0.25) is 11.8 Å². The second-order valence-corrected chi connectivity index (χ2v) is 6.85. The summed E-state index contributed by atoms with van der Waals surface area (Å²) in [5, 5.41) is 2.90. The minimum absolute atomic E-state index is 0.0173. The summed E-state index contributed by atoms with van der Waals surface area (Å²) in [7, 11) is 0. The van der Waals surface area contributed by atoms with Gasteiger partial charge in [-0.3, -0.25) is 9.59 Å². The Labute approximate surface area is 133 Å². The van der Waals surface area contributed by atoms with E-state index in [0.29, 0.717) is 12.8 Å². The molecule has 0 bridgehead atoms. The highest BCUT2D eigenvalue weighted by Crippen LogP contribution is 2.48. The number of anilines is 1.